The second-order valence-electron chi connectivity index (χ2n) is 5.03. The SMILES string of the molecule is COc1ccc(CSP(=O)(O)OCC2CCC(C)O2)cc1. The summed E-state index contributed by atoms with van der Waals surface area (Å²) in [5, 5.41) is 0. The minimum atomic E-state index is -3.64. The Morgan fingerprint density at radius 1 is 1.38 bits per heavy atom. The van der Waals surface area contributed by atoms with Crippen LogP contribution in [0.1, 0.15) is 25.3 Å². The summed E-state index contributed by atoms with van der Waals surface area (Å²) in [6.45, 7) is -1.47. The van der Waals surface area contributed by atoms with Gasteiger partial charge in [-0.15, -0.1) is 0 Å². The summed E-state index contributed by atoms with van der Waals surface area (Å²) in [6, 6.07) is 7.39. The number of methoxy groups -OCH3 is 1. The molecule has 0 saturated carbocycles. The molecule has 0 aromatic heterocycles. The van der Waals surface area contributed by atoms with E-state index in [-0.39, 0.29) is 18.8 Å². The lowest BCUT2D eigenvalue weighted by atomic mass is 10.2. The average Bonchev–Trinajstić information content (AvgIpc) is 2.90. The Bertz CT molecular complexity index is 493. The molecule has 1 saturated heterocycles. The van der Waals surface area contributed by atoms with Crippen LogP contribution in [0.2, 0.25) is 0 Å². The minimum absolute atomic E-state index is 0.0675. The summed E-state index contributed by atoms with van der Waals surface area (Å²) in [6.07, 6.45) is 2.00. The summed E-state index contributed by atoms with van der Waals surface area (Å²) < 4.78 is 27.8. The highest BCUT2D eigenvalue weighted by Crippen LogP contribution is 2.57. The van der Waals surface area contributed by atoms with Crippen molar-refractivity contribution in [1.29, 1.82) is 0 Å². The van der Waals surface area contributed by atoms with Crippen LogP contribution in [0, 0.1) is 0 Å². The second kappa shape index (κ2) is 7.65. The van der Waals surface area contributed by atoms with Gasteiger partial charge in [-0.1, -0.05) is 12.1 Å². The van der Waals surface area contributed by atoms with E-state index in [1.54, 1.807) is 7.11 Å². The molecule has 21 heavy (non-hydrogen) atoms. The zero-order chi connectivity index (χ0) is 15.3. The Labute approximate surface area is 129 Å². The quantitative estimate of drug-likeness (QED) is 0.770. The number of hydrogen-bond donors (Lipinski definition) is 1. The predicted octanol–water partition coefficient (Wildman–Crippen LogP) is 3.61. The Morgan fingerprint density at radius 3 is 2.67 bits per heavy atom. The summed E-state index contributed by atoms with van der Waals surface area (Å²) in [5.74, 6) is 1.18. The van der Waals surface area contributed by atoms with E-state index in [2.05, 4.69) is 0 Å². The fourth-order valence-corrected chi connectivity index (χ4v) is 4.38. The lowest BCUT2D eigenvalue weighted by Crippen LogP contribution is -2.14. The van der Waals surface area contributed by atoms with Crippen molar-refractivity contribution in [2.45, 2.75) is 37.7 Å². The maximum atomic E-state index is 12.0. The molecule has 1 aromatic rings. The van der Waals surface area contributed by atoms with Crippen molar-refractivity contribution in [3.05, 3.63) is 29.8 Å². The molecule has 118 valence electrons. The van der Waals surface area contributed by atoms with Gasteiger partial charge >= 0.3 is 6.80 Å². The van der Waals surface area contributed by atoms with Crippen molar-refractivity contribution in [2.24, 2.45) is 0 Å². The first kappa shape index (κ1) is 16.8. The van der Waals surface area contributed by atoms with Gasteiger partial charge in [-0.25, -0.2) is 4.57 Å². The summed E-state index contributed by atoms with van der Waals surface area (Å²) in [7, 11) is 1.60. The highest BCUT2D eigenvalue weighted by molar-refractivity contribution is 8.54. The van der Waals surface area contributed by atoms with Gasteiger partial charge in [0.1, 0.15) is 5.75 Å². The van der Waals surface area contributed by atoms with E-state index in [1.807, 2.05) is 31.2 Å². The fourth-order valence-electron chi connectivity index (χ4n) is 2.10. The van der Waals surface area contributed by atoms with Crippen LogP contribution >= 0.6 is 18.2 Å². The van der Waals surface area contributed by atoms with E-state index in [0.29, 0.717) is 5.75 Å². The summed E-state index contributed by atoms with van der Waals surface area (Å²) in [4.78, 5) is 9.82. The maximum absolute atomic E-state index is 12.0. The summed E-state index contributed by atoms with van der Waals surface area (Å²) >= 11 is 0.922. The minimum Gasteiger partial charge on any atom is -0.497 e. The standard InChI is InChI=1S/C14H21O5PS/c1-11-3-6-14(19-11)9-18-20(15,16)21-10-12-4-7-13(17-2)8-5-12/h4-5,7-8,11,14H,3,6,9-10H2,1-2H3,(H,15,16). The smallest absolute Gasteiger partial charge is 0.386 e. The molecular formula is C14H21O5PS. The van der Waals surface area contributed by atoms with Crippen LogP contribution in [-0.4, -0.2) is 30.8 Å². The highest BCUT2D eigenvalue weighted by atomic mass is 32.7. The molecule has 3 unspecified atom stereocenters. The van der Waals surface area contributed by atoms with Crippen molar-refractivity contribution in [3.8, 4) is 5.75 Å². The number of rotatable bonds is 7. The molecule has 0 radical (unpaired) electrons. The van der Waals surface area contributed by atoms with Gasteiger partial charge in [-0.05, 0) is 48.8 Å². The van der Waals surface area contributed by atoms with E-state index in [9.17, 15) is 9.46 Å². The lowest BCUT2D eigenvalue weighted by molar-refractivity contribution is 0.0251. The highest BCUT2D eigenvalue weighted by Gasteiger charge is 2.27. The number of hydrogen-bond acceptors (Lipinski definition) is 5. The van der Waals surface area contributed by atoms with Crippen LogP contribution in [0.4, 0.5) is 0 Å². The Hall–Kier alpha value is -0.520. The first-order valence-electron chi connectivity index (χ1n) is 6.89. The largest absolute Gasteiger partial charge is 0.497 e. The first-order valence-corrected chi connectivity index (χ1v) is 10.1. The Kier molecular flexibility index (Phi) is 6.14. The van der Waals surface area contributed by atoms with Gasteiger partial charge in [0.15, 0.2) is 0 Å². The van der Waals surface area contributed by atoms with E-state index in [0.717, 1.165) is 35.5 Å². The molecule has 5 nitrogen and oxygen atoms in total. The number of benzene rings is 1. The topological polar surface area (TPSA) is 65.0 Å². The molecule has 7 heteroatoms. The average molecular weight is 332 g/mol. The fraction of sp³-hybridized carbons (Fsp3) is 0.571. The molecule has 1 fully saturated rings. The van der Waals surface area contributed by atoms with Gasteiger partial charge in [0.2, 0.25) is 0 Å². The molecule has 0 aliphatic carbocycles. The van der Waals surface area contributed by atoms with Crippen molar-refractivity contribution in [2.75, 3.05) is 13.7 Å². The van der Waals surface area contributed by atoms with Crippen LogP contribution in [0.25, 0.3) is 0 Å². The van der Waals surface area contributed by atoms with E-state index in [4.69, 9.17) is 14.0 Å². The third kappa shape index (κ3) is 5.64. The zero-order valence-electron chi connectivity index (χ0n) is 12.2. The maximum Gasteiger partial charge on any atom is 0.386 e. The number of ether oxygens (including phenoxy) is 2. The molecule has 1 aliphatic rings. The lowest BCUT2D eigenvalue weighted by Gasteiger charge is -2.15. The molecule has 1 aromatic carbocycles. The first-order chi connectivity index (χ1) is 9.98. The third-order valence-electron chi connectivity index (χ3n) is 3.30. The van der Waals surface area contributed by atoms with Crippen LogP contribution in [0.5, 0.6) is 5.75 Å². The molecule has 0 bridgehead atoms. The Morgan fingerprint density at radius 2 is 2.10 bits per heavy atom. The molecule has 1 aliphatic heterocycles. The zero-order valence-corrected chi connectivity index (χ0v) is 13.9. The molecule has 0 amide bonds. The van der Waals surface area contributed by atoms with E-state index < -0.39 is 6.80 Å². The normalized spacial score (nSPS) is 24.7. The monoisotopic (exact) mass is 332 g/mol. The van der Waals surface area contributed by atoms with Gasteiger partial charge < -0.3 is 14.4 Å². The van der Waals surface area contributed by atoms with Crippen molar-refractivity contribution < 1.29 is 23.5 Å². The third-order valence-corrected chi connectivity index (χ3v) is 6.24. The molecule has 1 N–H and O–H groups in total. The van der Waals surface area contributed by atoms with Gasteiger partial charge in [0, 0.05) is 5.75 Å². The van der Waals surface area contributed by atoms with Gasteiger partial charge in [-0.3, -0.25) is 4.52 Å². The van der Waals surface area contributed by atoms with Crippen LogP contribution in [-0.2, 0) is 19.6 Å². The van der Waals surface area contributed by atoms with Crippen LogP contribution in [0.3, 0.4) is 0 Å². The van der Waals surface area contributed by atoms with Crippen molar-refractivity contribution in [3.63, 3.8) is 0 Å². The molecule has 1 heterocycles. The molecule has 3 atom stereocenters. The van der Waals surface area contributed by atoms with E-state index >= 15 is 0 Å². The molecule has 2 rings (SSSR count). The van der Waals surface area contributed by atoms with Gasteiger partial charge in [-0.2, -0.15) is 0 Å². The van der Waals surface area contributed by atoms with Crippen LogP contribution in [0.15, 0.2) is 24.3 Å². The second-order valence-corrected chi connectivity index (χ2v) is 8.93. The summed E-state index contributed by atoms with van der Waals surface area (Å²) in [5.41, 5.74) is 0.949. The van der Waals surface area contributed by atoms with Crippen molar-refractivity contribution in [1.82, 2.24) is 0 Å². The van der Waals surface area contributed by atoms with Crippen LogP contribution < -0.4 is 4.74 Å². The van der Waals surface area contributed by atoms with Crippen molar-refractivity contribution >= 4 is 18.2 Å². The molecule has 0 spiro atoms. The van der Waals surface area contributed by atoms with Gasteiger partial charge in [0.25, 0.3) is 0 Å². The van der Waals surface area contributed by atoms with Gasteiger partial charge in [0.05, 0.1) is 25.9 Å². The molecular weight excluding hydrogens is 311 g/mol. The van der Waals surface area contributed by atoms with E-state index in [1.165, 1.54) is 0 Å². The Balaban J connectivity index is 1.76. The predicted molar refractivity (Wildman–Crippen MR) is 83.6 cm³/mol.